The van der Waals surface area contributed by atoms with Crippen molar-refractivity contribution >= 4 is 5.96 Å². The molecule has 0 unspecified atom stereocenters. The van der Waals surface area contributed by atoms with Gasteiger partial charge >= 0.3 is 0 Å². The fourth-order valence-corrected chi connectivity index (χ4v) is 0.109. The number of nitro groups is 1. The first-order chi connectivity index (χ1) is 3.66. The van der Waals surface area contributed by atoms with Gasteiger partial charge in [-0.25, -0.2) is 10.1 Å². The summed E-state index contributed by atoms with van der Waals surface area (Å²) in [7, 11) is 0. The Labute approximate surface area is 44.5 Å². The minimum Gasteiger partial charge on any atom is -0.448 e. The molecule has 0 fully saturated rings. The van der Waals surface area contributed by atoms with E-state index in [1.165, 1.54) is 0 Å². The van der Waals surface area contributed by atoms with Crippen molar-refractivity contribution in [2.45, 2.75) is 0 Å². The van der Waals surface area contributed by atoms with E-state index in [0.717, 1.165) is 0 Å². The monoisotopic (exact) mass is 118 g/mol. The molecule has 0 aliphatic carbocycles. The van der Waals surface area contributed by atoms with E-state index in [0.29, 0.717) is 0 Å². The third kappa shape index (κ3) is 2.69. The van der Waals surface area contributed by atoms with Crippen molar-refractivity contribution in [3.05, 3.63) is 15.5 Å². The highest BCUT2D eigenvalue weighted by Crippen LogP contribution is 1.81. The topological polar surface area (TPSA) is 122 Å². The third-order valence-electron chi connectivity index (χ3n) is 0.316. The Morgan fingerprint density at radius 1 is 1.88 bits per heavy atom. The van der Waals surface area contributed by atoms with Crippen LogP contribution in [0.5, 0.6) is 0 Å². The highest BCUT2D eigenvalue weighted by Gasteiger charge is 1.87. The van der Waals surface area contributed by atoms with E-state index < -0.39 is 11.0 Å². The minimum atomic E-state index is -0.980. The van der Waals surface area contributed by atoms with Crippen molar-refractivity contribution in [2.75, 3.05) is 0 Å². The fraction of sp³-hybridized carbons (Fsp3) is 0. The van der Waals surface area contributed by atoms with Crippen molar-refractivity contribution < 1.29 is 5.03 Å². The first kappa shape index (κ1) is 6.47. The van der Waals surface area contributed by atoms with Gasteiger partial charge in [-0.2, -0.15) is 0 Å². The summed E-state index contributed by atoms with van der Waals surface area (Å²) in [5.41, 5.74) is 7.21. The van der Waals surface area contributed by atoms with Crippen LogP contribution in [0.25, 0.3) is 5.43 Å². The molecule has 0 saturated heterocycles. The second-order valence-corrected chi connectivity index (χ2v) is 0.825. The number of nitrogens with zero attached hydrogens (tertiary/aromatic N) is 3. The lowest BCUT2D eigenvalue weighted by Crippen LogP contribution is -2.15. The molecular formula is CH4N5O2-. The number of rotatable bonds is 1. The molecule has 0 heterocycles. The van der Waals surface area contributed by atoms with Crippen LogP contribution in [0.2, 0.25) is 0 Å². The van der Waals surface area contributed by atoms with Gasteiger partial charge in [-0.05, 0) is 0 Å². The maximum absolute atomic E-state index is 9.39. The Kier molecular flexibility index (Phi) is 2.11. The highest BCUT2D eigenvalue weighted by atomic mass is 16.7. The van der Waals surface area contributed by atoms with Gasteiger partial charge in [0, 0.05) is 0 Å². The third-order valence-corrected chi connectivity index (χ3v) is 0.316. The smallest absolute Gasteiger partial charge is 0.125 e. The largest absolute Gasteiger partial charge is 0.448 e. The second-order valence-electron chi connectivity index (χ2n) is 0.825. The van der Waals surface area contributed by atoms with Crippen LogP contribution in [0.3, 0.4) is 0 Å². The molecule has 8 heavy (non-hydrogen) atoms. The molecule has 0 spiro atoms. The van der Waals surface area contributed by atoms with Crippen LogP contribution in [-0.4, -0.2) is 11.0 Å². The van der Waals surface area contributed by atoms with E-state index in [1.807, 2.05) is 0 Å². The second kappa shape index (κ2) is 2.61. The van der Waals surface area contributed by atoms with Gasteiger partial charge in [0.1, 0.15) is 5.03 Å². The first-order valence-electron chi connectivity index (χ1n) is 1.56. The number of hydrogen-bond donors (Lipinski definition) is 2. The molecule has 0 amide bonds. The average Bonchev–Trinajstić information content (AvgIpc) is 1.65. The zero-order valence-corrected chi connectivity index (χ0v) is 3.81. The van der Waals surface area contributed by atoms with E-state index >= 15 is 0 Å². The maximum atomic E-state index is 9.39. The quantitative estimate of drug-likeness (QED) is 0.147. The molecule has 0 aromatic heterocycles. The number of hydrogen-bond acceptors (Lipinski definition) is 4. The molecule has 0 aromatic rings. The number of nitrogens with two attached hydrogens (primary N) is 2. The Morgan fingerprint density at radius 3 is 2.50 bits per heavy atom. The predicted octanol–water partition coefficient (Wildman–Crippen LogP) is -1.26. The summed E-state index contributed by atoms with van der Waals surface area (Å²) >= 11 is 0. The standard InChI is InChI=1S/CH4N5O2/c2-1(4-3)5-6(7)8/h3H2,(H2-,2,4,5)/q-1. The Bertz CT molecular complexity index is 118. The minimum absolute atomic E-state index is 0.546. The van der Waals surface area contributed by atoms with Crippen molar-refractivity contribution in [3.8, 4) is 0 Å². The Hall–Kier alpha value is -1.53. The van der Waals surface area contributed by atoms with Crippen molar-refractivity contribution in [3.63, 3.8) is 0 Å². The van der Waals surface area contributed by atoms with Gasteiger partial charge in [-0.15, -0.1) is 0 Å². The molecule has 0 aliphatic heterocycles. The molecule has 7 heteroatoms. The van der Waals surface area contributed by atoms with Gasteiger partial charge in [0.15, 0.2) is 0 Å². The molecule has 0 rings (SSSR count). The van der Waals surface area contributed by atoms with Crippen molar-refractivity contribution in [1.82, 2.24) is 0 Å². The van der Waals surface area contributed by atoms with Crippen LogP contribution in [0.15, 0.2) is 5.10 Å². The first-order valence-corrected chi connectivity index (χ1v) is 1.56. The van der Waals surface area contributed by atoms with Crippen LogP contribution in [0.4, 0.5) is 0 Å². The summed E-state index contributed by atoms with van der Waals surface area (Å²) in [5.74, 6) is 3.94. The van der Waals surface area contributed by atoms with E-state index in [-0.39, 0.29) is 0 Å². The van der Waals surface area contributed by atoms with Crippen molar-refractivity contribution in [2.24, 2.45) is 16.7 Å². The highest BCUT2D eigenvalue weighted by molar-refractivity contribution is 5.87. The maximum Gasteiger partial charge on any atom is 0.125 e. The van der Waals surface area contributed by atoms with Gasteiger partial charge in [-0.3, -0.25) is 0 Å². The zero-order chi connectivity index (χ0) is 6.57. The Morgan fingerprint density at radius 2 is 2.38 bits per heavy atom. The summed E-state index contributed by atoms with van der Waals surface area (Å²) in [6, 6.07) is 0. The lowest BCUT2D eigenvalue weighted by molar-refractivity contribution is -0.416. The molecule has 0 aliphatic rings. The number of hydrazone groups is 1. The molecule has 0 radical (unpaired) electrons. The fourth-order valence-electron chi connectivity index (χ4n) is 0.109. The predicted molar refractivity (Wildman–Crippen MR) is 26.2 cm³/mol. The lowest BCUT2D eigenvalue weighted by Gasteiger charge is -1.96. The van der Waals surface area contributed by atoms with Crippen LogP contribution in [-0.2, 0) is 0 Å². The summed E-state index contributed by atoms with van der Waals surface area (Å²) in [5, 5.41) is 11.1. The molecule has 4 N–H and O–H groups in total. The lowest BCUT2D eigenvalue weighted by atomic mass is 11.1. The average molecular weight is 118 g/mol. The molecule has 0 bridgehead atoms. The summed E-state index contributed by atoms with van der Waals surface area (Å²) in [6.45, 7) is 0. The van der Waals surface area contributed by atoms with Crippen molar-refractivity contribution in [1.29, 1.82) is 0 Å². The SMILES string of the molecule is N/N=C(/N)[N-][N+](=O)[O-]. The van der Waals surface area contributed by atoms with Gasteiger partial charge in [0.2, 0.25) is 0 Å². The molecule has 0 atom stereocenters. The summed E-state index contributed by atoms with van der Waals surface area (Å²) in [4.78, 5) is 9.39. The summed E-state index contributed by atoms with van der Waals surface area (Å²) in [6.07, 6.45) is 0. The van der Waals surface area contributed by atoms with Crippen LogP contribution >= 0.6 is 0 Å². The van der Waals surface area contributed by atoms with Crippen LogP contribution in [0.1, 0.15) is 0 Å². The normalized spacial score (nSPS) is 10.8. The molecule has 0 aromatic carbocycles. The van der Waals surface area contributed by atoms with Gasteiger partial charge in [0.25, 0.3) is 0 Å². The van der Waals surface area contributed by atoms with E-state index in [4.69, 9.17) is 5.73 Å². The van der Waals surface area contributed by atoms with Crippen LogP contribution < -0.4 is 11.6 Å². The molecular weight excluding hydrogens is 114 g/mol. The molecule has 0 saturated carbocycles. The van der Waals surface area contributed by atoms with E-state index in [2.05, 4.69) is 16.4 Å². The summed E-state index contributed by atoms with van der Waals surface area (Å²) < 4.78 is 0. The van der Waals surface area contributed by atoms with Gasteiger partial charge < -0.3 is 16.7 Å². The molecule has 7 nitrogen and oxygen atoms in total. The van der Waals surface area contributed by atoms with E-state index in [9.17, 15) is 10.1 Å². The Balaban J connectivity index is 3.56. The number of guanidine groups is 1. The van der Waals surface area contributed by atoms with Crippen LogP contribution in [0, 0.1) is 10.1 Å². The van der Waals surface area contributed by atoms with E-state index in [1.54, 1.807) is 0 Å². The zero-order valence-electron chi connectivity index (χ0n) is 3.81. The van der Waals surface area contributed by atoms with Gasteiger partial charge in [-0.1, -0.05) is 5.43 Å². The molecule has 46 valence electrons. The van der Waals surface area contributed by atoms with Gasteiger partial charge in [0.05, 0.1) is 5.96 Å².